The molecule has 0 unspecified atom stereocenters. The first-order chi connectivity index (χ1) is 6.45. The first-order valence-electron chi connectivity index (χ1n) is 4.15. The molecular formula is C11H10OSe. The van der Waals surface area contributed by atoms with E-state index in [1.807, 2.05) is 18.2 Å². The van der Waals surface area contributed by atoms with Crippen LogP contribution in [0.1, 0.15) is 5.76 Å². The molecule has 0 saturated heterocycles. The van der Waals surface area contributed by atoms with Crippen LogP contribution >= 0.6 is 0 Å². The third-order valence-electron chi connectivity index (χ3n) is 1.70. The van der Waals surface area contributed by atoms with Crippen LogP contribution in [-0.2, 0) is 5.32 Å². The first kappa shape index (κ1) is 8.61. The molecule has 1 aromatic carbocycles. The fourth-order valence-electron chi connectivity index (χ4n) is 1.07. The van der Waals surface area contributed by atoms with Crippen LogP contribution in [0.4, 0.5) is 0 Å². The second-order valence-corrected chi connectivity index (χ2v) is 4.88. The van der Waals surface area contributed by atoms with E-state index < -0.39 is 0 Å². The van der Waals surface area contributed by atoms with Gasteiger partial charge in [0.25, 0.3) is 0 Å². The van der Waals surface area contributed by atoms with Gasteiger partial charge in [-0.05, 0) is 0 Å². The van der Waals surface area contributed by atoms with E-state index >= 15 is 0 Å². The van der Waals surface area contributed by atoms with Crippen molar-refractivity contribution >= 4 is 19.4 Å². The number of hydrogen-bond donors (Lipinski definition) is 0. The Labute approximate surface area is 83.9 Å². The molecule has 0 fully saturated rings. The van der Waals surface area contributed by atoms with E-state index in [0.29, 0.717) is 15.0 Å². The summed E-state index contributed by atoms with van der Waals surface area (Å²) in [7, 11) is 0. The van der Waals surface area contributed by atoms with Gasteiger partial charge in [0.05, 0.1) is 0 Å². The molecule has 0 saturated carbocycles. The Morgan fingerprint density at radius 2 is 1.85 bits per heavy atom. The Bertz CT molecular complexity index is 340. The van der Waals surface area contributed by atoms with Gasteiger partial charge in [-0.25, -0.2) is 0 Å². The molecule has 0 bridgehead atoms. The summed E-state index contributed by atoms with van der Waals surface area (Å²) in [5.74, 6) is 1.09. The molecule has 1 aromatic heterocycles. The standard InChI is InChI=1S/C11H10OSe/c1-2-6-11(7-3-1)13-9-10-5-4-8-12-10/h1-8H,9H2. The van der Waals surface area contributed by atoms with Gasteiger partial charge in [-0.2, -0.15) is 0 Å². The zero-order valence-electron chi connectivity index (χ0n) is 7.14. The second-order valence-electron chi connectivity index (χ2n) is 2.68. The number of furan rings is 1. The number of hydrogen-bond acceptors (Lipinski definition) is 1. The van der Waals surface area contributed by atoms with Crippen molar-refractivity contribution in [2.24, 2.45) is 0 Å². The molecule has 0 amide bonds. The van der Waals surface area contributed by atoms with E-state index in [0.717, 1.165) is 11.1 Å². The van der Waals surface area contributed by atoms with Crippen LogP contribution < -0.4 is 4.46 Å². The summed E-state index contributed by atoms with van der Waals surface area (Å²) < 4.78 is 6.69. The Hall–Kier alpha value is -0.981. The van der Waals surface area contributed by atoms with Gasteiger partial charge in [-0.3, -0.25) is 0 Å². The van der Waals surface area contributed by atoms with Crippen LogP contribution in [-0.4, -0.2) is 15.0 Å². The summed E-state index contributed by atoms with van der Waals surface area (Å²) in [6.45, 7) is 0. The van der Waals surface area contributed by atoms with Gasteiger partial charge in [0.1, 0.15) is 0 Å². The first-order valence-corrected chi connectivity index (χ1v) is 6.22. The van der Waals surface area contributed by atoms with Gasteiger partial charge in [0, 0.05) is 0 Å². The maximum atomic E-state index is 5.27. The van der Waals surface area contributed by atoms with Crippen molar-refractivity contribution in [3.8, 4) is 0 Å². The quantitative estimate of drug-likeness (QED) is 0.742. The summed E-state index contributed by atoms with van der Waals surface area (Å²) in [4.78, 5) is 0. The summed E-state index contributed by atoms with van der Waals surface area (Å²) in [5, 5.41) is 1.05. The average molecular weight is 237 g/mol. The monoisotopic (exact) mass is 238 g/mol. The molecule has 2 rings (SSSR count). The Morgan fingerprint density at radius 1 is 1.00 bits per heavy atom. The zero-order valence-corrected chi connectivity index (χ0v) is 8.86. The number of benzene rings is 1. The molecule has 0 aliphatic rings. The average Bonchev–Trinajstić information content (AvgIpc) is 2.69. The third kappa shape index (κ3) is 2.48. The van der Waals surface area contributed by atoms with Crippen LogP contribution in [0.25, 0.3) is 0 Å². The zero-order chi connectivity index (χ0) is 8.93. The van der Waals surface area contributed by atoms with Gasteiger partial charge in [0.2, 0.25) is 0 Å². The third-order valence-corrected chi connectivity index (χ3v) is 3.87. The molecular weight excluding hydrogens is 227 g/mol. The van der Waals surface area contributed by atoms with Crippen LogP contribution in [0, 0.1) is 0 Å². The molecule has 0 aliphatic heterocycles. The Kier molecular flexibility index (Phi) is 2.86. The van der Waals surface area contributed by atoms with Crippen molar-refractivity contribution < 1.29 is 4.42 Å². The van der Waals surface area contributed by atoms with Crippen molar-refractivity contribution in [1.82, 2.24) is 0 Å². The molecule has 0 atom stereocenters. The maximum absolute atomic E-state index is 5.27. The molecule has 1 nitrogen and oxygen atoms in total. The minimum atomic E-state index is 0.499. The topological polar surface area (TPSA) is 13.1 Å². The van der Waals surface area contributed by atoms with Gasteiger partial charge >= 0.3 is 83.6 Å². The fourth-order valence-corrected chi connectivity index (χ4v) is 2.79. The second kappa shape index (κ2) is 4.31. The van der Waals surface area contributed by atoms with Gasteiger partial charge in [-0.1, -0.05) is 0 Å². The Morgan fingerprint density at radius 3 is 2.54 bits per heavy atom. The molecule has 1 heterocycles. The minimum absolute atomic E-state index is 0.499. The van der Waals surface area contributed by atoms with Crippen molar-refractivity contribution in [3.05, 3.63) is 54.5 Å². The van der Waals surface area contributed by atoms with Crippen molar-refractivity contribution in [3.63, 3.8) is 0 Å². The van der Waals surface area contributed by atoms with Crippen LogP contribution in [0.3, 0.4) is 0 Å². The predicted molar refractivity (Wildman–Crippen MR) is 54.2 cm³/mol. The summed E-state index contributed by atoms with van der Waals surface area (Å²) >= 11 is 0.499. The van der Waals surface area contributed by atoms with E-state index in [9.17, 15) is 0 Å². The van der Waals surface area contributed by atoms with Crippen molar-refractivity contribution in [2.75, 3.05) is 0 Å². The molecule has 2 aromatic rings. The predicted octanol–water partition coefficient (Wildman–Crippen LogP) is 1.81. The van der Waals surface area contributed by atoms with E-state index in [-0.39, 0.29) is 0 Å². The van der Waals surface area contributed by atoms with Gasteiger partial charge in [-0.15, -0.1) is 0 Å². The molecule has 13 heavy (non-hydrogen) atoms. The van der Waals surface area contributed by atoms with Crippen LogP contribution in [0.5, 0.6) is 0 Å². The molecule has 0 aliphatic carbocycles. The normalized spacial score (nSPS) is 10.2. The van der Waals surface area contributed by atoms with E-state index in [4.69, 9.17) is 4.42 Å². The van der Waals surface area contributed by atoms with Gasteiger partial charge < -0.3 is 0 Å². The molecule has 0 spiro atoms. The summed E-state index contributed by atoms with van der Waals surface area (Å²) in [5.41, 5.74) is 0. The van der Waals surface area contributed by atoms with Crippen molar-refractivity contribution in [1.29, 1.82) is 0 Å². The summed E-state index contributed by atoms with van der Waals surface area (Å²) in [6.07, 6.45) is 1.73. The van der Waals surface area contributed by atoms with Gasteiger partial charge in [0.15, 0.2) is 0 Å². The Balaban J connectivity index is 1.94. The molecule has 0 N–H and O–H groups in total. The van der Waals surface area contributed by atoms with E-state index in [1.165, 1.54) is 4.46 Å². The molecule has 0 radical (unpaired) electrons. The molecule has 66 valence electrons. The van der Waals surface area contributed by atoms with E-state index in [2.05, 4.69) is 24.3 Å². The van der Waals surface area contributed by atoms with Crippen LogP contribution in [0.2, 0.25) is 0 Å². The molecule has 2 heteroatoms. The van der Waals surface area contributed by atoms with Crippen LogP contribution in [0.15, 0.2) is 53.1 Å². The number of rotatable bonds is 3. The fraction of sp³-hybridized carbons (Fsp3) is 0.0909. The SMILES string of the molecule is c1ccc([Se]Cc2ccco2)cc1. The summed E-state index contributed by atoms with van der Waals surface area (Å²) in [6, 6.07) is 14.5. The van der Waals surface area contributed by atoms with E-state index in [1.54, 1.807) is 6.26 Å². The van der Waals surface area contributed by atoms with Crippen molar-refractivity contribution in [2.45, 2.75) is 5.32 Å².